The molecule has 0 amide bonds. The number of hydrogen-bond donors (Lipinski definition) is 3. The van der Waals surface area contributed by atoms with Crippen molar-refractivity contribution in [3.63, 3.8) is 0 Å². The van der Waals surface area contributed by atoms with Gasteiger partial charge in [0.1, 0.15) is 0 Å². The number of hydrogen-bond acceptors (Lipinski definition) is 3. The molecule has 0 bridgehead atoms. The summed E-state index contributed by atoms with van der Waals surface area (Å²) in [6.45, 7) is 0. The number of benzene rings is 2. The van der Waals surface area contributed by atoms with Gasteiger partial charge < -0.3 is 15.3 Å². The predicted octanol–water partition coefficient (Wildman–Crippen LogP) is 2.18. The van der Waals surface area contributed by atoms with Gasteiger partial charge in [-0.15, -0.1) is 0 Å². The Morgan fingerprint density at radius 3 is 1.78 bits per heavy atom. The third-order valence-corrected chi connectivity index (χ3v) is 2.97. The third kappa shape index (κ3) is 3.74. The van der Waals surface area contributed by atoms with Crippen LogP contribution in [0.4, 0.5) is 0 Å². The molecule has 0 aromatic heterocycles. The second-order valence-electron chi connectivity index (χ2n) is 4.50. The van der Waals surface area contributed by atoms with E-state index >= 15 is 0 Å². The summed E-state index contributed by atoms with van der Waals surface area (Å²) in [5.74, 6) is 1.81. The monoisotopic (exact) mass is 310 g/mol. The highest BCUT2D eigenvalue weighted by molar-refractivity contribution is 5.95. The van der Waals surface area contributed by atoms with Crippen LogP contribution in [0.5, 0.6) is 0 Å². The van der Waals surface area contributed by atoms with Crippen LogP contribution in [0, 0.1) is 11.8 Å². The van der Waals surface area contributed by atoms with E-state index in [9.17, 15) is 14.4 Å². The summed E-state index contributed by atoms with van der Waals surface area (Å²) in [5.41, 5.74) is 0.448. The molecule has 2 aromatic rings. The zero-order chi connectivity index (χ0) is 17.0. The normalized spacial score (nSPS) is 9.57. The minimum Gasteiger partial charge on any atom is -0.478 e. The van der Waals surface area contributed by atoms with Crippen molar-refractivity contribution in [2.45, 2.75) is 0 Å². The number of aromatic carboxylic acids is 3. The molecule has 114 valence electrons. The van der Waals surface area contributed by atoms with Crippen molar-refractivity contribution in [2.24, 2.45) is 0 Å². The molecule has 23 heavy (non-hydrogen) atoms. The fourth-order valence-corrected chi connectivity index (χ4v) is 1.80. The van der Waals surface area contributed by atoms with Crippen molar-refractivity contribution in [3.8, 4) is 11.8 Å². The average molecular weight is 310 g/mol. The molecule has 6 nitrogen and oxygen atoms in total. The Hall–Kier alpha value is -3.59. The van der Waals surface area contributed by atoms with E-state index in [1.54, 1.807) is 0 Å². The van der Waals surface area contributed by atoms with E-state index in [2.05, 4.69) is 11.8 Å². The number of carbonyl (C=O) groups is 3. The molecule has 6 heteroatoms. The van der Waals surface area contributed by atoms with Crippen molar-refractivity contribution in [3.05, 3.63) is 70.3 Å². The van der Waals surface area contributed by atoms with Gasteiger partial charge in [-0.1, -0.05) is 11.8 Å². The summed E-state index contributed by atoms with van der Waals surface area (Å²) in [6.07, 6.45) is 0. The van der Waals surface area contributed by atoms with E-state index in [4.69, 9.17) is 15.3 Å². The van der Waals surface area contributed by atoms with E-state index in [0.717, 1.165) is 6.07 Å². The van der Waals surface area contributed by atoms with Crippen LogP contribution in [-0.4, -0.2) is 33.2 Å². The van der Waals surface area contributed by atoms with E-state index < -0.39 is 17.9 Å². The first-order valence-corrected chi connectivity index (χ1v) is 6.34. The van der Waals surface area contributed by atoms with E-state index in [-0.39, 0.29) is 22.3 Å². The molecule has 0 saturated heterocycles. The lowest BCUT2D eigenvalue weighted by molar-refractivity contribution is 0.0682. The topological polar surface area (TPSA) is 112 Å². The zero-order valence-corrected chi connectivity index (χ0v) is 11.6. The Bertz CT molecular complexity index is 853. The second kappa shape index (κ2) is 6.45. The molecule has 3 N–H and O–H groups in total. The van der Waals surface area contributed by atoms with Gasteiger partial charge in [-0.3, -0.25) is 0 Å². The number of rotatable bonds is 3. The highest BCUT2D eigenvalue weighted by atomic mass is 16.4. The molecule has 0 unspecified atom stereocenters. The Balaban J connectivity index is 2.38. The molecular formula is C17H10O6. The first-order chi connectivity index (χ1) is 10.9. The van der Waals surface area contributed by atoms with Gasteiger partial charge in [-0.25, -0.2) is 14.4 Å². The first kappa shape index (κ1) is 15.8. The van der Waals surface area contributed by atoms with E-state index in [0.29, 0.717) is 5.56 Å². The second-order valence-corrected chi connectivity index (χ2v) is 4.50. The van der Waals surface area contributed by atoms with E-state index in [1.165, 1.54) is 36.4 Å². The highest BCUT2D eigenvalue weighted by Gasteiger charge is 2.12. The summed E-state index contributed by atoms with van der Waals surface area (Å²) in [6, 6.07) is 9.42. The highest BCUT2D eigenvalue weighted by Crippen LogP contribution is 2.12. The first-order valence-electron chi connectivity index (χ1n) is 6.34. The molecule has 0 heterocycles. The lowest BCUT2D eigenvalue weighted by Gasteiger charge is -2.01. The van der Waals surface area contributed by atoms with Crippen LogP contribution < -0.4 is 0 Å². The number of carboxylic acids is 3. The minimum atomic E-state index is -1.28. The van der Waals surface area contributed by atoms with Crippen LogP contribution >= 0.6 is 0 Å². The summed E-state index contributed by atoms with van der Waals surface area (Å²) >= 11 is 0. The van der Waals surface area contributed by atoms with Gasteiger partial charge in [0.2, 0.25) is 0 Å². The number of carboxylic acid groups (broad SMARTS) is 3. The molecule has 2 aromatic carbocycles. The molecule has 0 aliphatic heterocycles. The van der Waals surface area contributed by atoms with Gasteiger partial charge in [0.25, 0.3) is 0 Å². The van der Waals surface area contributed by atoms with Crippen molar-refractivity contribution in [2.75, 3.05) is 0 Å². The summed E-state index contributed by atoms with van der Waals surface area (Å²) in [4.78, 5) is 32.8. The Morgan fingerprint density at radius 2 is 1.26 bits per heavy atom. The smallest absolute Gasteiger partial charge is 0.336 e. The van der Waals surface area contributed by atoms with Crippen LogP contribution in [0.25, 0.3) is 0 Å². The molecule has 0 atom stereocenters. The van der Waals surface area contributed by atoms with Gasteiger partial charge in [-0.2, -0.15) is 0 Å². The van der Waals surface area contributed by atoms with Crippen LogP contribution in [0.2, 0.25) is 0 Å². The lowest BCUT2D eigenvalue weighted by Crippen LogP contribution is -2.04. The maximum Gasteiger partial charge on any atom is 0.336 e. The van der Waals surface area contributed by atoms with Gasteiger partial charge in [0.15, 0.2) is 0 Å². The van der Waals surface area contributed by atoms with Crippen molar-refractivity contribution < 1.29 is 29.7 Å². The van der Waals surface area contributed by atoms with Gasteiger partial charge in [0.05, 0.1) is 16.7 Å². The summed E-state index contributed by atoms with van der Waals surface area (Å²) in [7, 11) is 0. The molecular weight excluding hydrogens is 300 g/mol. The maximum atomic E-state index is 11.2. The van der Waals surface area contributed by atoms with Crippen LogP contribution in [0.3, 0.4) is 0 Å². The minimum absolute atomic E-state index is 0.118. The summed E-state index contributed by atoms with van der Waals surface area (Å²) in [5, 5.41) is 26.8. The van der Waals surface area contributed by atoms with Gasteiger partial charge in [-0.05, 0) is 42.5 Å². The fourth-order valence-electron chi connectivity index (χ4n) is 1.80. The van der Waals surface area contributed by atoms with E-state index in [1.807, 2.05) is 0 Å². The molecule has 0 spiro atoms. The Kier molecular flexibility index (Phi) is 4.43. The Morgan fingerprint density at radius 1 is 0.696 bits per heavy atom. The molecule has 0 fully saturated rings. The fraction of sp³-hybridized carbons (Fsp3) is 0. The van der Waals surface area contributed by atoms with Crippen molar-refractivity contribution in [1.29, 1.82) is 0 Å². The van der Waals surface area contributed by atoms with Crippen LogP contribution in [0.1, 0.15) is 42.2 Å². The lowest BCUT2D eigenvalue weighted by atomic mass is 10.0. The molecule has 0 aliphatic carbocycles. The van der Waals surface area contributed by atoms with Crippen LogP contribution in [0.15, 0.2) is 42.5 Å². The predicted molar refractivity (Wildman–Crippen MR) is 79.7 cm³/mol. The SMILES string of the molecule is O=C(O)c1ccc(C#Cc2ccc(C(=O)O)cc2C(=O)O)cc1. The van der Waals surface area contributed by atoms with Gasteiger partial charge >= 0.3 is 17.9 Å². The van der Waals surface area contributed by atoms with Crippen molar-refractivity contribution in [1.82, 2.24) is 0 Å². The quantitative estimate of drug-likeness (QED) is 0.749. The van der Waals surface area contributed by atoms with Crippen LogP contribution in [-0.2, 0) is 0 Å². The summed E-state index contributed by atoms with van der Waals surface area (Å²) < 4.78 is 0. The standard InChI is InChI=1S/C17H10O6/c18-15(19)12-5-2-10(3-6-12)1-4-11-7-8-13(16(20)21)9-14(11)17(22)23/h2-3,5-9H,(H,18,19)(H,20,21)(H,22,23). The van der Waals surface area contributed by atoms with Gasteiger partial charge in [0, 0.05) is 11.1 Å². The van der Waals surface area contributed by atoms with Crippen molar-refractivity contribution >= 4 is 17.9 Å². The third-order valence-electron chi connectivity index (χ3n) is 2.97. The Labute approximate surface area is 130 Å². The molecule has 2 rings (SSSR count). The maximum absolute atomic E-state index is 11.2. The molecule has 0 saturated carbocycles. The average Bonchev–Trinajstić information content (AvgIpc) is 2.52. The molecule has 0 radical (unpaired) electrons. The zero-order valence-electron chi connectivity index (χ0n) is 11.6. The largest absolute Gasteiger partial charge is 0.478 e. The molecule has 0 aliphatic rings.